The molecule has 0 spiro atoms. The average Bonchev–Trinajstić information content (AvgIpc) is 2.95. The average molecular weight is 425 g/mol. The van der Waals surface area contributed by atoms with Gasteiger partial charge in [0.05, 0.1) is 22.5 Å². The Morgan fingerprint density at radius 1 is 1.10 bits per heavy atom. The molecule has 164 valence electrons. The summed E-state index contributed by atoms with van der Waals surface area (Å²) in [5.41, 5.74) is 1.78. The summed E-state index contributed by atoms with van der Waals surface area (Å²) in [6.45, 7) is 9.38. The van der Waals surface area contributed by atoms with Gasteiger partial charge in [0.2, 0.25) is 0 Å². The number of ether oxygens (including phenoxy) is 1. The number of benzene rings is 1. The molecule has 0 aliphatic heterocycles. The zero-order valence-corrected chi connectivity index (χ0v) is 18.6. The molecule has 1 amide bonds. The van der Waals surface area contributed by atoms with Crippen LogP contribution in [-0.2, 0) is 23.1 Å². The van der Waals surface area contributed by atoms with Gasteiger partial charge >= 0.3 is 5.97 Å². The van der Waals surface area contributed by atoms with Gasteiger partial charge in [-0.1, -0.05) is 32.0 Å². The van der Waals surface area contributed by atoms with E-state index in [1.165, 1.54) is 11.6 Å². The second-order valence-corrected chi connectivity index (χ2v) is 7.98. The molecule has 0 saturated heterocycles. The van der Waals surface area contributed by atoms with Gasteiger partial charge in [-0.05, 0) is 32.8 Å². The van der Waals surface area contributed by atoms with E-state index in [0.717, 1.165) is 5.69 Å². The van der Waals surface area contributed by atoms with Crippen molar-refractivity contribution >= 4 is 28.3 Å². The highest BCUT2D eigenvalue weighted by Crippen LogP contribution is 2.19. The van der Waals surface area contributed by atoms with E-state index in [9.17, 15) is 14.4 Å². The lowest BCUT2D eigenvalue weighted by Gasteiger charge is -2.15. The number of hydrogen-bond acceptors (Lipinski definition) is 6. The molecule has 3 aromatic rings. The van der Waals surface area contributed by atoms with Gasteiger partial charge in [-0.15, -0.1) is 0 Å². The summed E-state index contributed by atoms with van der Waals surface area (Å²) in [5, 5.41) is 12.0. The van der Waals surface area contributed by atoms with E-state index in [1.807, 2.05) is 20.8 Å². The summed E-state index contributed by atoms with van der Waals surface area (Å²) in [5.74, 6) is -1.09. The number of nitrogens with one attached hydrogen (secondary N) is 1. The number of carbonyl (C=O) groups excluding carboxylic acids is 2. The summed E-state index contributed by atoms with van der Waals surface area (Å²) in [6.07, 6.45) is -1.07. The quantitative estimate of drug-likeness (QED) is 0.608. The van der Waals surface area contributed by atoms with Crippen molar-refractivity contribution in [1.82, 2.24) is 19.6 Å². The third-order valence-electron chi connectivity index (χ3n) is 5.01. The fraction of sp³-hybridized carbons (Fsp3) is 0.409. The van der Waals surface area contributed by atoms with Crippen LogP contribution in [0.2, 0.25) is 0 Å². The lowest BCUT2D eigenvalue weighted by molar-refractivity contribution is -0.123. The van der Waals surface area contributed by atoms with E-state index >= 15 is 0 Å². The SMILES string of the molecule is Cc1nn(C)c(C)c1NC(=O)[C@H](C)OC(=O)c1nn(CC(C)C)c(=O)c2ccccc12. The van der Waals surface area contributed by atoms with E-state index in [4.69, 9.17) is 4.74 Å². The Hall–Kier alpha value is -3.49. The van der Waals surface area contributed by atoms with Crippen LogP contribution in [0.3, 0.4) is 0 Å². The van der Waals surface area contributed by atoms with Crippen molar-refractivity contribution < 1.29 is 14.3 Å². The van der Waals surface area contributed by atoms with Crippen molar-refractivity contribution in [2.75, 3.05) is 5.32 Å². The summed E-state index contributed by atoms with van der Waals surface area (Å²) < 4.78 is 8.35. The van der Waals surface area contributed by atoms with Gasteiger partial charge in [0.1, 0.15) is 0 Å². The largest absolute Gasteiger partial charge is 0.448 e. The van der Waals surface area contributed by atoms with E-state index in [0.29, 0.717) is 28.7 Å². The van der Waals surface area contributed by atoms with Crippen molar-refractivity contribution in [1.29, 1.82) is 0 Å². The van der Waals surface area contributed by atoms with Gasteiger partial charge in [-0.25, -0.2) is 9.48 Å². The molecule has 9 nitrogen and oxygen atoms in total. The molecule has 0 fully saturated rings. The summed E-state index contributed by atoms with van der Waals surface area (Å²) in [6, 6.07) is 6.74. The minimum Gasteiger partial charge on any atom is -0.448 e. The summed E-state index contributed by atoms with van der Waals surface area (Å²) in [7, 11) is 1.78. The first kappa shape index (κ1) is 22.2. The van der Waals surface area contributed by atoms with Gasteiger partial charge in [-0.3, -0.25) is 14.3 Å². The standard InChI is InChI=1S/C22H27N5O4/c1-12(2)11-27-21(29)17-10-8-7-9-16(17)19(25-27)22(30)31-15(5)20(28)23-18-13(3)24-26(6)14(18)4/h7-10,12,15H,11H2,1-6H3,(H,23,28)/t15-/m0/s1. The molecule has 3 rings (SSSR count). The lowest BCUT2D eigenvalue weighted by Crippen LogP contribution is -2.32. The molecule has 31 heavy (non-hydrogen) atoms. The molecular formula is C22H27N5O4. The summed E-state index contributed by atoms with van der Waals surface area (Å²) in [4.78, 5) is 38.3. The number of esters is 1. The highest BCUT2D eigenvalue weighted by Gasteiger charge is 2.24. The Morgan fingerprint density at radius 2 is 1.74 bits per heavy atom. The number of rotatable bonds is 6. The molecule has 1 aromatic carbocycles. The van der Waals surface area contributed by atoms with Gasteiger partial charge in [0.25, 0.3) is 11.5 Å². The number of aryl methyl sites for hydroxylation is 2. The molecule has 0 aliphatic carbocycles. The third-order valence-corrected chi connectivity index (χ3v) is 5.01. The molecule has 2 heterocycles. The molecular weight excluding hydrogens is 398 g/mol. The fourth-order valence-electron chi connectivity index (χ4n) is 3.30. The number of nitrogens with zero attached hydrogens (tertiary/aromatic N) is 4. The number of amides is 1. The van der Waals surface area contributed by atoms with Gasteiger partial charge in [0, 0.05) is 19.0 Å². The molecule has 9 heteroatoms. The maximum Gasteiger partial charge on any atom is 0.360 e. The second kappa shape index (κ2) is 8.71. The van der Waals surface area contributed by atoms with Crippen molar-refractivity contribution in [2.45, 2.75) is 47.3 Å². The zero-order valence-electron chi connectivity index (χ0n) is 18.6. The minimum absolute atomic E-state index is 0.00392. The van der Waals surface area contributed by atoms with Crippen molar-refractivity contribution in [2.24, 2.45) is 13.0 Å². The Morgan fingerprint density at radius 3 is 2.32 bits per heavy atom. The van der Waals surface area contributed by atoms with Crippen LogP contribution in [0.25, 0.3) is 10.8 Å². The first-order valence-electron chi connectivity index (χ1n) is 10.1. The normalized spacial score (nSPS) is 12.2. The number of anilines is 1. The number of hydrogen-bond donors (Lipinski definition) is 1. The number of aromatic nitrogens is 4. The zero-order chi connectivity index (χ0) is 22.9. The molecule has 0 bridgehead atoms. The maximum atomic E-state index is 12.9. The van der Waals surface area contributed by atoms with Crippen molar-refractivity contribution in [3.63, 3.8) is 0 Å². The first-order valence-corrected chi connectivity index (χ1v) is 10.1. The van der Waals surface area contributed by atoms with Crippen molar-refractivity contribution in [3.8, 4) is 0 Å². The molecule has 0 unspecified atom stereocenters. The predicted molar refractivity (Wildman–Crippen MR) is 117 cm³/mol. The van der Waals surface area contributed by atoms with Gasteiger partial charge in [-0.2, -0.15) is 10.2 Å². The van der Waals surface area contributed by atoms with E-state index in [2.05, 4.69) is 15.5 Å². The Bertz CT molecular complexity index is 1210. The predicted octanol–water partition coefficient (Wildman–Crippen LogP) is 2.59. The van der Waals surface area contributed by atoms with Crippen LogP contribution in [0.1, 0.15) is 42.6 Å². The van der Waals surface area contributed by atoms with Crippen molar-refractivity contribution in [3.05, 3.63) is 51.7 Å². The number of carbonyl (C=O) groups is 2. The van der Waals surface area contributed by atoms with Crippen LogP contribution >= 0.6 is 0 Å². The molecule has 2 aromatic heterocycles. The molecule has 0 saturated carbocycles. The monoisotopic (exact) mass is 425 g/mol. The topological polar surface area (TPSA) is 108 Å². The second-order valence-electron chi connectivity index (χ2n) is 7.98. The van der Waals surface area contributed by atoms with Crippen LogP contribution < -0.4 is 10.9 Å². The molecule has 0 radical (unpaired) electrons. The van der Waals surface area contributed by atoms with E-state index < -0.39 is 18.0 Å². The Balaban J connectivity index is 1.88. The Labute approximate surface area is 180 Å². The lowest BCUT2D eigenvalue weighted by atomic mass is 10.1. The van der Waals surface area contributed by atoms with E-state index in [1.54, 1.807) is 42.9 Å². The third kappa shape index (κ3) is 4.50. The highest BCUT2D eigenvalue weighted by molar-refractivity contribution is 6.03. The summed E-state index contributed by atoms with van der Waals surface area (Å²) >= 11 is 0. The first-order chi connectivity index (χ1) is 14.6. The van der Waals surface area contributed by atoms with E-state index in [-0.39, 0.29) is 17.2 Å². The smallest absolute Gasteiger partial charge is 0.360 e. The molecule has 1 atom stereocenters. The highest BCUT2D eigenvalue weighted by atomic mass is 16.5. The van der Waals surface area contributed by atoms with Gasteiger partial charge in [0.15, 0.2) is 11.8 Å². The van der Waals surface area contributed by atoms with Crippen LogP contribution in [-0.4, -0.2) is 37.5 Å². The van der Waals surface area contributed by atoms with Gasteiger partial charge < -0.3 is 10.1 Å². The molecule has 0 aliphatic rings. The fourth-order valence-corrected chi connectivity index (χ4v) is 3.30. The maximum absolute atomic E-state index is 12.9. The Kier molecular flexibility index (Phi) is 6.24. The molecule has 1 N–H and O–H groups in total. The van der Waals surface area contributed by atoms with Crippen LogP contribution in [0, 0.1) is 19.8 Å². The van der Waals surface area contributed by atoms with Crippen LogP contribution in [0.4, 0.5) is 5.69 Å². The minimum atomic E-state index is -1.07. The number of fused-ring (bicyclic) bond motifs is 1. The van der Waals surface area contributed by atoms with Crippen LogP contribution in [0.15, 0.2) is 29.1 Å². The van der Waals surface area contributed by atoms with Crippen LogP contribution in [0.5, 0.6) is 0 Å².